The van der Waals surface area contributed by atoms with Crippen LogP contribution >= 0.6 is 0 Å². The molecule has 1 saturated carbocycles. The van der Waals surface area contributed by atoms with Crippen LogP contribution in [0.15, 0.2) is 18.2 Å². The van der Waals surface area contributed by atoms with E-state index in [0.717, 1.165) is 12.5 Å². The van der Waals surface area contributed by atoms with Gasteiger partial charge in [-0.05, 0) is 25.8 Å². The summed E-state index contributed by atoms with van der Waals surface area (Å²) in [5.74, 6) is -1.28. The lowest BCUT2D eigenvalue weighted by Gasteiger charge is -2.46. The van der Waals surface area contributed by atoms with Crippen LogP contribution in [0.3, 0.4) is 0 Å². The lowest BCUT2D eigenvalue weighted by atomic mass is 9.63. The van der Waals surface area contributed by atoms with Crippen molar-refractivity contribution in [1.29, 1.82) is 0 Å². The number of hydrogen-bond acceptors (Lipinski definition) is 2. The predicted molar refractivity (Wildman–Crippen MR) is 73.9 cm³/mol. The Balaban J connectivity index is 1.94. The van der Waals surface area contributed by atoms with E-state index in [1.807, 2.05) is 6.92 Å². The van der Waals surface area contributed by atoms with Gasteiger partial charge in [-0.2, -0.15) is 0 Å². The number of amides is 1. The minimum absolute atomic E-state index is 0.00719. The summed E-state index contributed by atoms with van der Waals surface area (Å²) in [6, 6.07) is 3.51. The van der Waals surface area contributed by atoms with E-state index in [1.165, 1.54) is 12.1 Å². The molecule has 1 heterocycles. The average molecular weight is 295 g/mol. The molecule has 2 fully saturated rings. The Morgan fingerprint density at radius 2 is 2.14 bits per heavy atom. The van der Waals surface area contributed by atoms with Crippen molar-refractivity contribution in [2.75, 3.05) is 19.8 Å². The summed E-state index contributed by atoms with van der Waals surface area (Å²) in [7, 11) is 0. The molecule has 2 aliphatic rings. The summed E-state index contributed by atoms with van der Waals surface area (Å²) >= 11 is 0. The molecule has 0 aromatic heterocycles. The van der Waals surface area contributed by atoms with Gasteiger partial charge in [0.25, 0.3) is 0 Å². The fourth-order valence-corrected chi connectivity index (χ4v) is 3.31. The van der Waals surface area contributed by atoms with Crippen molar-refractivity contribution in [1.82, 2.24) is 4.90 Å². The first-order chi connectivity index (χ1) is 10.0. The van der Waals surface area contributed by atoms with Crippen molar-refractivity contribution in [3.63, 3.8) is 0 Å². The fraction of sp³-hybridized carbons (Fsp3) is 0.562. The summed E-state index contributed by atoms with van der Waals surface area (Å²) in [6.45, 7) is 3.49. The average Bonchev–Trinajstić information content (AvgIpc) is 2.40. The van der Waals surface area contributed by atoms with Crippen molar-refractivity contribution in [2.45, 2.75) is 37.6 Å². The highest BCUT2D eigenvalue weighted by atomic mass is 19.1. The van der Waals surface area contributed by atoms with Gasteiger partial charge >= 0.3 is 0 Å². The Labute approximate surface area is 122 Å². The second-order valence-electron chi connectivity index (χ2n) is 5.98. The molecule has 0 bridgehead atoms. The van der Waals surface area contributed by atoms with Crippen LogP contribution in [0.25, 0.3) is 0 Å². The summed E-state index contributed by atoms with van der Waals surface area (Å²) in [5.41, 5.74) is -0.484. The standard InChI is InChI=1S/C16H19F2NO2/c1-11-10-21-8-7-19(11)15(20)16(5-2-6-16)13-4-3-12(17)9-14(13)18/h3-4,9,11H,2,5-8,10H2,1H3. The van der Waals surface area contributed by atoms with Gasteiger partial charge in [0.2, 0.25) is 5.91 Å². The van der Waals surface area contributed by atoms with Gasteiger partial charge in [-0.15, -0.1) is 0 Å². The minimum Gasteiger partial charge on any atom is -0.377 e. The molecular formula is C16H19F2NO2. The summed E-state index contributed by atoms with van der Waals surface area (Å²) in [6.07, 6.45) is 2.14. The molecule has 1 saturated heterocycles. The third-order valence-corrected chi connectivity index (χ3v) is 4.69. The molecule has 1 aromatic rings. The van der Waals surface area contributed by atoms with Crippen LogP contribution < -0.4 is 0 Å². The molecule has 1 amide bonds. The number of carbonyl (C=O) groups excluding carboxylic acids is 1. The van der Waals surface area contributed by atoms with Gasteiger partial charge in [0, 0.05) is 18.2 Å². The van der Waals surface area contributed by atoms with Crippen LogP contribution in [0.5, 0.6) is 0 Å². The van der Waals surface area contributed by atoms with E-state index in [2.05, 4.69) is 0 Å². The molecule has 1 atom stereocenters. The molecule has 1 unspecified atom stereocenters. The quantitative estimate of drug-likeness (QED) is 0.839. The van der Waals surface area contributed by atoms with Crippen molar-refractivity contribution in [2.24, 2.45) is 0 Å². The van der Waals surface area contributed by atoms with Crippen LogP contribution in [0.2, 0.25) is 0 Å². The first kappa shape index (κ1) is 14.4. The van der Waals surface area contributed by atoms with E-state index in [0.29, 0.717) is 38.2 Å². The van der Waals surface area contributed by atoms with Gasteiger partial charge in [0.05, 0.1) is 24.7 Å². The van der Waals surface area contributed by atoms with Gasteiger partial charge < -0.3 is 9.64 Å². The van der Waals surface area contributed by atoms with E-state index in [1.54, 1.807) is 4.90 Å². The number of morpholine rings is 1. The topological polar surface area (TPSA) is 29.5 Å². The second-order valence-corrected chi connectivity index (χ2v) is 5.98. The highest BCUT2D eigenvalue weighted by molar-refractivity contribution is 5.89. The number of hydrogen-bond donors (Lipinski definition) is 0. The molecule has 1 aliphatic carbocycles. The van der Waals surface area contributed by atoms with E-state index in [9.17, 15) is 13.6 Å². The van der Waals surface area contributed by atoms with Crippen LogP contribution in [0.1, 0.15) is 31.7 Å². The fourth-order valence-electron chi connectivity index (χ4n) is 3.31. The first-order valence-corrected chi connectivity index (χ1v) is 7.39. The van der Waals surface area contributed by atoms with E-state index in [-0.39, 0.29) is 11.9 Å². The molecule has 114 valence electrons. The molecule has 0 radical (unpaired) electrons. The van der Waals surface area contributed by atoms with E-state index in [4.69, 9.17) is 4.74 Å². The molecule has 1 aliphatic heterocycles. The van der Waals surface area contributed by atoms with Crippen LogP contribution in [0.4, 0.5) is 8.78 Å². The van der Waals surface area contributed by atoms with Crippen LogP contribution in [0, 0.1) is 11.6 Å². The second kappa shape index (κ2) is 5.37. The largest absolute Gasteiger partial charge is 0.377 e. The lowest BCUT2D eigenvalue weighted by molar-refractivity contribution is -0.149. The van der Waals surface area contributed by atoms with Gasteiger partial charge in [-0.3, -0.25) is 4.79 Å². The zero-order valence-corrected chi connectivity index (χ0v) is 12.1. The SMILES string of the molecule is CC1COCCN1C(=O)C1(c2ccc(F)cc2F)CCC1. The number of carbonyl (C=O) groups is 1. The Kier molecular flexibility index (Phi) is 3.69. The minimum atomic E-state index is -0.816. The summed E-state index contributed by atoms with van der Waals surface area (Å²) < 4.78 is 32.6. The van der Waals surface area contributed by atoms with Gasteiger partial charge in [-0.25, -0.2) is 8.78 Å². The van der Waals surface area contributed by atoms with Gasteiger partial charge in [0.1, 0.15) is 11.6 Å². The van der Waals surface area contributed by atoms with Crippen LogP contribution in [-0.2, 0) is 14.9 Å². The maximum absolute atomic E-state index is 14.2. The van der Waals surface area contributed by atoms with Crippen LogP contribution in [-0.4, -0.2) is 36.6 Å². The summed E-state index contributed by atoms with van der Waals surface area (Å²) in [5, 5.41) is 0. The third-order valence-electron chi connectivity index (χ3n) is 4.69. The van der Waals surface area contributed by atoms with Crippen molar-refractivity contribution in [3.8, 4) is 0 Å². The predicted octanol–water partition coefficient (Wildman–Crippen LogP) is 2.63. The van der Waals surface area contributed by atoms with Crippen molar-refractivity contribution in [3.05, 3.63) is 35.4 Å². The maximum Gasteiger partial charge on any atom is 0.233 e. The Morgan fingerprint density at radius 3 is 2.71 bits per heavy atom. The Hall–Kier alpha value is -1.49. The van der Waals surface area contributed by atoms with Crippen molar-refractivity contribution < 1.29 is 18.3 Å². The molecule has 3 nitrogen and oxygen atoms in total. The molecule has 21 heavy (non-hydrogen) atoms. The Morgan fingerprint density at radius 1 is 1.38 bits per heavy atom. The van der Waals surface area contributed by atoms with Gasteiger partial charge in [-0.1, -0.05) is 12.5 Å². The van der Waals surface area contributed by atoms with Crippen molar-refractivity contribution >= 4 is 5.91 Å². The number of rotatable bonds is 2. The molecule has 0 spiro atoms. The van der Waals surface area contributed by atoms with Gasteiger partial charge in [0.15, 0.2) is 0 Å². The lowest BCUT2D eigenvalue weighted by Crippen LogP contribution is -2.57. The molecule has 0 N–H and O–H groups in total. The molecular weight excluding hydrogens is 276 g/mol. The number of benzene rings is 1. The normalized spacial score (nSPS) is 24.5. The third kappa shape index (κ3) is 2.33. The molecule has 3 rings (SSSR count). The maximum atomic E-state index is 14.2. The number of ether oxygens (including phenoxy) is 1. The highest BCUT2D eigenvalue weighted by Crippen LogP contribution is 2.46. The first-order valence-electron chi connectivity index (χ1n) is 7.39. The number of nitrogens with zero attached hydrogens (tertiary/aromatic N) is 1. The summed E-state index contributed by atoms with van der Waals surface area (Å²) in [4.78, 5) is 14.7. The zero-order chi connectivity index (χ0) is 15.0. The smallest absolute Gasteiger partial charge is 0.233 e. The van der Waals surface area contributed by atoms with E-state index < -0.39 is 17.0 Å². The Bertz CT molecular complexity index is 557. The monoisotopic (exact) mass is 295 g/mol. The molecule has 1 aromatic carbocycles. The highest BCUT2D eigenvalue weighted by Gasteiger charge is 2.50. The molecule has 5 heteroatoms. The zero-order valence-electron chi connectivity index (χ0n) is 12.1. The van der Waals surface area contributed by atoms with E-state index >= 15 is 0 Å². The number of halogens is 2.